The van der Waals surface area contributed by atoms with Crippen molar-refractivity contribution in [3.05, 3.63) is 87.9 Å². The van der Waals surface area contributed by atoms with Crippen LogP contribution < -0.4 is 10.6 Å². The standard InChI is InChI=1S/C19H14Cl2FN3O/c20-15-2-1-3-16(18(15)21)25-19(26)17-10-14(8-9-23-17)24-11-12-4-6-13(22)7-5-12/h1-10H,11H2,(H,23,24)(H,25,26). The second kappa shape index (κ2) is 8.17. The van der Waals surface area contributed by atoms with Crippen molar-refractivity contribution < 1.29 is 9.18 Å². The third-order valence-electron chi connectivity index (χ3n) is 3.60. The number of nitrogens with zero attached hydrogens (tertiary/aromatic N) is 1. The van der Waals surface area contributed by atoms with Crippen molar-refractivity contribution in [2.45, 2.75) is 6.54 Å². The summed E-state index contributed by atoms with van der Waals surface area (Å²) in [6.07, 6.45) is 1.53. The van der Waals surface area contributed by atoms with Crippen LogP contribution in [0.3, 0.4) is 0 Å². The van der Waals surface area contributed by atoms with Gasteiger partial charge in [0, 0.05) is 18.4 Å². The predicted octanol–water partition coefficient (Wildman–Crippen LogP) is 5.39. The first kappa shape index (κ1) is 18.2. The number of amides is 1. The number of carbonyl (C=O) groups is 1. The molecule has 2 aromatic carbocycles. The van der Waals surface area contributed by atoms with Crippen LogP contribution in [0.4, 0.5) is 15.8 Å². The number of carbonyl (C=O) groups excluding carboxylic acids is 1. The van der Waals surface area contributed by atoms with Gasteiger partial charge in [-0.3, -0.25) is 9.78 Å². The Morgan fingerprint density at radius 1 is 1.08 bits per heavy atom. The molecule has 0 saturated heterocycles. The second-order valence-electron chi connectivity index (χ2n) is 5.47. The van der Waals surface area contributed by atoms with E-state index in [1.165, 1.54) is 18.3 Å². The Morgan fingerprint density at radius 2 is 1.85 bits per heavy atom. The highest BCUT2D eigenvalue weighted by Gasteiger charge is 2.12. The molecule has 0 saturated carbocycles. The number of halogens is 3. The zero-order chi connectivity index (χ0) is 18.5. The van der Waals surface area contributed by atoms with E-state index in [-0.39, 0.29) is 16.5 Å². The van der Waals surface area contributed by atoms with Crippen LogP contribution in [0.25, 0.3) is 0 Å². The van der Waals surface area contributed by atoms with Gasteiger partial charge in [0.15, 0.2) is 0 Å². The van der Waals surface area contributed by atoms with Crippen LogP contribution in [0, 0.1) is 5.82 Å². The fourth-order valence-electron chi connectivity index (χ4n) is 2.26. The molecule has 26 heavy (non-hydrogen) atoms. The van der Waals surface area contributed by atoms with Gasteiger partial charge >= 0.3 is 0 Å². The first-order valence-corrected chi connectivity index (χ1v) is 8.48. The van der Waals surface area contributed by atoms with E-state index in [2.05, 4.69) is 15.6 Å². The Hall–Kier alpha value is -2.63. The summed E-state index contributed by atoms with van der Waals surface area (Å²) in [6, 6.07) is 14.5. The van der Waals surface area contributed by atoms with Crippen molar-refractivity contribution in [1.29, 1.82) is 0 Å². The molecule has 4 nitrogen and oxygen atoms in total. The molecule has 0 unspecified atom stereocenters. The summed E-state index contributed by atoms with van der Waals surface area (Å²) in [7, 11) is 0. The van der Waals surface area contributed by atoms with E-state index in [0.29, 0.717) is 22.9 Å². The summed E-state index contributed by atoms with van der Waals surface area (Å²) in [5, 5.41) is 6.48. The van der Waals surface area contributed by atoms with Crippen molar-refractivity contribution >= 4 is 40.5 Å². The first-order valence-electron chi connectivity index (χ1n) is 7.72. The second-order valence-corrected chi connectivity index (χ2v) is 6.25. The molecule has 0 aliphatic rings. The maximum absolute atomic E-state index is 12.9. The fraction of sp³-hybridized carbons (Fsp3) is 0.0526. The molecule has 0 atom stereocenters. The molecule has 3 aromatic rings. The maximum Gasteiger partial charge on any atom is 0.274 e. The maximum atomic E-state index is 12.9. The highest BCUT2D eigenvalue weighted by molar-refractivity contribution is 6.44. The third kappa shape index (κ3) is 4.50. The van der Waals surface area contributed by atoms with Crippen LogP contribution in [0.15, 0.2) is 60.8 Å². The van der Waals surface area contributed by atoms with Gasteiger partial charge in [0.05, 0.1) is 15.7 Å². The van der Waals surface area contributed by atoms with E-state index in [1.54, 1.807) is 42.5 Å². The van der Waals surface area contributed by atoms with E-state index in [4.69, 9.17) is 23.2 Å². The Balaban J connectivity index is 1.69. The molecule has 132 valence electrons. The average Bonchev–Trinajstić information content (AvgIpc) is 2.65. The van der Waals surface area contributed by atoms with Crippen molar-refractivity contribution in [2.75, 3.05) is 10.6 Å². The van der Waals surface area contributed by atoms with Gasteiger partial charge in [-0.05, 0) is 42.0 Å². The van der Waals surface area contributed by atoms with Gasteiger partial charge in [0.1, 0.15) is 11.5 Å². The Morgan fingerprint density at radius 3 is 2.62 bits per heavy atom. The monoisotopic (exact) mass is 389 g/mol. The minimum atomic E-state index is -0.403. The van der Waals surface area contributed by atoms with Gasteiger partial charge in [-0.2, -0.15) is 0 Å². The zero-order valence-corrected chi connectivity index (χ0v) is 15.0. The normalized spacial score (nSPS) is 10.4. The van der Waals surface area contributed by atoms with Gasteiger partial charge in [-0.1, -0.05) is 41.4 Å². The van der Waals surface area contributed by atoms with Gasteiger partial charge in [-0.15, -0.1) is 0 Å². The molecule has 2 N–H and O–H groups in total. The topological polar surface area (TPSA) is 54.0 Å². The van der Waals surface area contributed by atoms with Gasteiger partial charge < -0.3 is 10.6 Å². The molecule has 1 aromatic heterocycles. The van der Waals surface area contributed by atoms with Crippen LogP contribution >= 0.6 is 23.2 Å². The Kier molecular flexibility index (Phi) is 5.71. The molecule has 0 aliphatic carbocycles. The number of nitrogens with one attached hydrogen (secondary N) is 2. The lowest BCUT2D eigenvalue weighted by Gasteiger charge is -2.10. The molecule has 0 spiro atoms. The van der Waals surface area contributed by atoms with E-state index in [9.17, 15) is 9.18 Å². The molecular formula is C19H14Cl2FN3O. The molecule has 0 bridgehead atoms. The predicted molar refractivity (Wildman–Crippen MR) is 102 cm³/mol. The largest absolute Gasteiger partial charge is 0.381 e. The summed E-state index contributed by atoms with van der Waals surface area (Å²) in [6.45, 7) is 0.492. The Labute approximate surface area is 160 Å². The number of hydrogen-bond acceptors (Lipinski definition) is 3. The molecule has 3 rings (SSSR count). The quantitative estimate of drug-likeness (QED) is 0.614. The molecule has 1 heterocycles. The average molecular weight is 390 g/mol. The van der Waals surface area contributed by atoms with Crippen LogP contribution in [0.5, 0.6) is 0 Å². The SMILES string of the molecule is O=C(Nc1cccc(Cl)c1Cl)c1cc(NCc2ccc(F)cc2)ccn1. The van der Waals surface area contributed by atoms with Gasteiger partial charge in [0.25, 0.3) is 5.91 Å². The zero-order valence-electron chi connectivity index (χ0n) is 13.5. The van der Waals surface area contributed by atoms with Crippen LogP contribution in [0.1, 0.15) is 16.1 Å². The summed E-state index contributed by atoms with van der Waals surface area (Å²) in [4.78, 5) is 16.5. The summed E-state index contributed by atoms with van der Waals surface area (Å²) in [5.74, 6) is -0.684. The highest BCUT2D eigenvalue weighted by Crippen LogP contribution is 2.29. The molecule has 0 aliphatic heterocycles. The third-order valence-corrected chi connectivity index (χ3v) is 4.42. The van der Waals surface area contributed by atoms with E-state index in [0.717, 1.165) is 5.56 Å². The van der Waals surface area contributed by atoms with Crippen molar-refractivity contribution in [2.24, 2.45) is 0 Å². The van der Waals surface area contributed by atoms with Gasteiger partial charge in [-0.25, -0.2) is 4.39 Å². The van der Waals surface area contributed by atoms with Crippen molar-refractivity contribution in [3.63, 3.8) is 0 Å². The van der Waals surface area contributed by atoms with E-state index < -0.39 is 5.91 Å². The molecular weight excluding hydrogens is 376 g/mol. The van der Waals surface area contributed by atoms with Crippen molar-refractivity contribution in [3.8, 4) is 0 Å². The van der Waals surface area contributed by atoms with Crippen LogP contribution in [-0.4, -0.2) is 10.9 Å². The number of benzene rings is 2. The number of pyridine rings is 1. The smallest absolute Gasteiger partial charge is 0.274 e. The number of aromatic nitrogens is 1. The minimum absolute atomic E-state index is 0.227. The summed E-state index contributed by atoms with van der Waals surface area (Å²) >= 11 is 12.0. The fourth-order valence-corrected chi connectivity index (χ4v) is 2.61. The van der Waals surface area contributed by atoms with Crippen LogP contribution in [-0.2, 0) is 6.54 Å². The van der Waals surface area contributed by atoms with Crippen LogP contribution in [0.2, 0.25) is 10.0 Å². The van der Waals surface area contributed by atoms with E-state index in [1.807, 2.05) is 0 Å². The summed E-state index contributed by atoms with van der Waals surface area (Å²) < 4.78 is 12.9. The lowest BCUT2D eigenvalue weighted by atomic mass is 10.2. The number of anilines is 2. The minimum Gasteiger partial charge on any atom is -0.381 e. The number of hydrogen-bond donors (Lipinski definition) is 2. The molecule has 0 fully saturated rings. The Bertz CT molecular complexity index is 932. The van der Waals surface area contributed by atoms with Gasteiger partial charge in [0.2, 0.25) is 0 Å². The van der Waals surface area contributed by atoms with Crippen molar-refractivity contribution in [1.82, 2.24) is 4.98 Å². The molecule has 7 heteroatoms. The first-order chi connectivity index (χ1) is 12.5. The molecule has 0 radical (unpaired) electrons. The lowest BCUT2D eigenvalue weighted by Crippen LogP contribution is -2.14. The van der Waals surface area contributed by atoms with E-state index >= 15 is 0 Å². The highest BCUT2D eigenvalue weighted by atomic mass is 35.5. The lowest BCUT2D eigenvalue weighted by molar-refractivity contribution is 0.102. The molecule has 1 amide bonds. The summed E-state index contributed by atoms with van der Waals surface area (Å²) in [5.41, 5.74) is 2.27. The number of rotatable bonds is 5.